The summed E-state index contributed by atoms with van der Waals surface area (Å²) in [6.45, 7) is 6.81. The van der Waals surface area contributed by atoms with Gasteiger partial charge in [0.2, 0.25) is 0 Å². The van der Waals surface area contributed by atoms with Crippen molar-refractivity contribution in [1.82, 2.24) is 9.88 Å². The zero-order chi connectivity index (χ0) is 10.1. The lowest BCUT2D eigenvalue weighted by atomic mass is 10.1. The molecule has 0 saturated carbocycles. The number of hydrogen-bond acceptors (Lipinski definition) is 4. The first kappa shape index (κ1) is 10.1. The third kappa shape index (κ3) is 2.13. The van der Waals surface area contributed by atoms with Gasteiger partial charge in [-0.2, -0.15) is 0 Å². The Labute approximate surface area is 88.4 Å². The van der Waals surface area contributed by atoms with Crippen LogP contribution in [0.5, 0.6) is 0 Å². The zero-order valence-corrected chi connectivity index (χ0v) is 9.42. The number of β-amino-alcohol motifs (C(OH)–C–C–N with tert-alkyl or cyclic N) is 1. The molecule has 1 fully saturated rings. The van der Waals surface area contributed by atoms with E-state index in [1.54, 1.807) is 11.3 Å². The van der Waals surface area contributed by atoms with Crippen molar-refractivity contribution in [2.75, 3.05) is 13.1 Å². The SMILES string of the molecule is CC(C)c1nc(CN2CC(O)C2)cs1. The number of aliphatic hydroxyl groups is 1. The molecule has 0 atom stereocenters. The van der Waals surface area contributed by atoms with E-state index in [4.69, 9.17) is 5.11 Å². The molecule has 1 aromatic heterocycles. The molecule has 0 unspecified atom stereocenters. The van der Waals surface area contributed by atoms with Crippen molar-refractivity contribution >= 4 is 11.3 Å². The maximum atomic E-state index is 9.13. The number of hydrogen-bond donors (Lipinski definition) is 1. The van der Waals surface area contributed by atoms with Crippen LogP contribution in [-0.2, 0) is 6.54 Å². The van der Waals surface area contributed by atoms with Crippen LogP contribution in [-0.4, -0.2) is 34.2 Å². The van der Waals surface area contributed by atoms with Crippen molar-refractivity contribution in [3.63, 3.8) is 0 Å². The van der Waals surface area contributed by atoms with Crippen LogP contribution in [0.3, 0.4) is 0 Å². The Balaban J connectivity index is 1.90. The fourth-order valence-corrected chi connectivity index (χ4v) is 2.39. The molecule has 1 saturated heterocycles. The molecule has 1 aromatic rings. The van der Waals surface area contributed by atoms with E-state index in [9.17, 15) is 0 Å². The van der Waals surface area contributed by atoms with Crippen LogP contribution in [0.25, 0.3) is 0 Å². The van der Waals surface area contributed by atoms with Gasteiger partial charge in [-0.1, -0.05) is 13.8 Å². The van der Waals surface area contributed by atoms with Gasteiger partial charge < -0.3 is 5.11 Å². The van der Waals surface area contributed by atoms with Crippen molar-refractivity contribution in [3.05, 3.63) is 16.1 Å². The van der Waals surface area contributed by atoms with E-state index in [1.807, 2.05) is 0 Å². The molecule has 0 amide bonds. The minimum atomic E-state index is -0.113. The molecule has 14 heavy (non-hydrogen) atoms. The van der Waals surface area contributed by atoms with Crippen LogP contribution < -0.4 is 0 Å². The van der Waals surface area contributed by atoms with Crippen LogP contribution in [0.15, 0.2) is 5.38 Å². The number of likely N-dealkylation sites (tertiary alicyclic amines) is 1. The second-order valence-electron chi connectivity index (χ2n) is 4.18. The van der Waals surface area contributed by atoms with E-state index in [1.165, 1.54) is 5.01 Å². The van der Waals surface area contributed by atoms with Gasteiger partial charge in [0.15, 0.2) is 0 Å². The lowest BCUT2D eigenvalue weighted by molar-refractivity contribution is -0.00346. The summed E-state index contributed by atoms with van der Waals surface area (Å²) < 4.78 is 0. The summed E-state index contributed by atoms with van der Waals surface area (Å²) in [5, 5.41) is 12.5. The minimum Gasteiger partial charge on any atom is -0.390 e. The predicted molar refractivity (Wildman–Crippen MR) is 57.5 cm³/mol. The summed E-state index contributed by atoms with van der Waals surface area (Å²) in [6, 6.07) is 0. The third-order valence-electron chi connectivity index (χ3n) is 2.39. The first-order valence-corrected chi connectivity index (χ1v) is 5.88. The van der Waals surface area contributed by atoms with Crippen molar-refractivity contribution < 1.29 is 5.11 Å². The van der Waals surface area contributed by atoms with E-state index in [-0.39, 0.29) is 6.10 Å². The van der Waals surface area contributed by atoms with Crippen LogP contribution in [0.1, 0.15) is 30.5 Å². The van der Waals surface area contributed by atoms with E-state index >= 15 is 0 Å². The molecular weight excluding hydrogens is 196 g/mol. The van der Waals surface area contributed by atoms with E-state index in [0.29, 0.717) is 5.92 Å². The third-order valence-corrected chi connectivity index (χ3v) is 3.58. The Morgan fingerprint density at radius 3 is 2.86 bits per heavy atom. The van der Waals surface area contributed by atoms with E-state index < -0.39 is 0 Å². The van der Waals surface area contributed by atoms with E-state index in [0.717, 1.165) is 25.3 Å². The van der Waals surface area contributed by atoms with Crippen molar-refractivity contribution in [2.24, 2.45) is 0 Å². The molecule has 0 bridgehead atoms. The number of thiazole rings is 1. The van der Waals surface area contributed by atoms with Gasteiger partial charge in [-0.3, -0.25) is 4.90 Å². The highest BCUT2D eigenvalue weighted by Crippen LogP contribution is 2.21. The number of nitrogens with zero attached hydrogens (tertiary/aromatic N) is 2. The Morgan fingerprint density at radius 2 is 2.36 bits per heavy atom. The zero-order valence-electron chi connectivity index (χ0n) is 8.60. The molecule has 1 aliphatic heterocycles. The molecule has 0 radical (unpaired) electrons. The Hall–Kier alpha value is -0.450. The summed E-state index contributed by atoms with van der Waals surface area (Å²) >= 11 is 1.73. The minimum absolute atomic E-state index is 0.113. The quantitative estimate of drug-likeness (QED) is 0.823. The van der Waals surface area contributed by atoms with Crippen LogP contribution in [0.2, 0.25) is 0 Å². The second-order valence-corrected chi connectivity index (χ2v) is 5.07. The largest absolute Gasteiger partial charge is 0.390 e. The summed E-state index contributed by atoms with van der Waals surface area (Å²) in [6.07, 6.45) is -0.113. The summed E-state index contributed by atoms with van der Waals surface area (Å²) in [7, 11) is 0. The molecule has 0 aromatic carbocycles. The van der Waals surface area contributed by atoms with Crippen molar-refractivity contribution in [1.29, 1.82) is 0 Å². The maximum Gasteiger partial charge on any atom is 0.0954 e. The highest BCUT2D eigenvalue weighted by Gasteiger charge is 2.24. The van der Waals surface area contributed by atoms with Gasteiger partial charge in [-0.15, -0.1) is 11.3 Å². The molecular formula is C10H16N2OS. The molecule has 4 heteroatoms. The van der Waals surface area contributed by atoms with Gasteiger partial charge in [0.05, 0.1) is 16.8 Å². The average molecular weight is 212 g/mol. The van der Waals surface area contributed by atoms with Crippen LogP contribution in [0.4, 0.5) is 0 Å². The highest BCUT2D eigenvalue weighted by atomic mass is 32.1. The van der Waals surface area contributed by atoms with Gasteiger partial charge in [0.25, 0.3) is 0 Å². The molecule has 2 heterocycles. The fraction of sp³-hybridized carbons (Fsp3) is 0.700. The smallest absolute Gasteiger partial charge is 0.0954 e. The van der Waals surface area contributed by atoms with Crippen molar-refractivity contribution in [2.45, 2.75) is 32.4 Å². The lowest BCUT2D eigenvalue weighted by Gasteiger charge is -2.35. The lowest BCUT2D eigenvalue weighted by Crippen LogP contribution is -2.49. The van der Waals surface area contributed by atoms with Gasteiger partial charge in [0, 0.05) is 30.9 Å². The normalized spacial score (nSPS) is 18.9. The summed E-state index contributed by atoms with van der Waals surface area (Å²) in [5.41, 5.74) is 1.14. The Bertz CT molecular complexity index is 305. The standard InChI is InChI=1S/C10H16N2OS/c1-7(2)10-11-8(6-14-10)3-12-4-9(13)5-12/h6-7,9,13H,3-5H2,1-2H3. The number of aliphatic hydroxyl groups excluding tert-OH is 1. The predicted octanol–water partition coefficient (Wildman–Crippen LogP) is 1.44. The van der Waals surface area contributed by atoms with Crippen LogP contribution in [0, 0.1) is 0 Å². The van der Waals surface area contributed by atoms with Gasteiger partial charge in [-0.05, 0) is 0 Å². The fourth-order valence-electron chi connectivity index (χ4n) is 1.56. The molecule has 0 spiro atoms. The first-order valence-electron chi connectivity index (χ1n) is 5.00. The topological polar surface area (TPSA) is 36.4 Å². The van der Waals surface area contributed by atoms with Crippen molar-refractivity contribution in [3.8, 4) is 0 Å². The Morgan fingerprint density at radius 1 is 1.64 bits per heavy atom. The molecule has 0 aliphatic carbocycles. The number of aromatic nitrogens is 1. The van der Waals surface area contributed by atoms with Crippen LogP contribution >= 0.6 is 11.3 Å². The molecule has 78 valence electrons. The number of rotatable bonds is 3. The monoisotopic (exact) mass is 212 g/mol. The van der Waals surface area contributed by atoms with Gasteiger partial charge in [-0.25, -0.2) is 4.98 Å². The Kier molecular flexibility index (Phi) is 2.85. The molecule has 1 N–H and O–H groups in total. The average Bonchev–Trinajstić information content (AvgIpc) is 2.50. The molecule has 3 nitrogen and oxygen atoms in total. The van der Waals surface area contributed by atoms with Gasteiger partial charge >= 0.3 is 0 Å². The highest BCUT2D eigenvalue weighted by molar-refractivity contribution is 7.09. The van der Waals surface area contributed by atoms with E-state index in [2.05, 4.69) is 29.1 Å². The molecule has 1 aliphatic rings. The summed E-state index contributed by atoms with van der Waals surface area (Å²) in [4.78, 5) is 6.76. The maximum absolute atomic E-state index is 9.13. The molecule has 2 rings (SSSR count). The second kappa shape index (κ2) is 3.96. The first-order chi connectivity index (χ1) is 6.65. The summed E-state index contributed by atoms with van der Waals surface area (Å²) in [5.74, 6) is 0.524. The van der Waals surface area contributed by atoms with Gasteiger partial charge in [0.1, 0.15) is 0 Å².